The van der Waals surface area contributed by atoms with E-state index in [1.807, 2.05) is 0 Å². The summed E-state index contributed by atoms with van der Waals surface area (Å²) in [6.45, 7) is 0. The average Bonchev–Trinajstić information content (AvgIpc) is 2.55. The smallest absolute Gasteiger partial charge is 0.224 e. The van der Waals surface area contributed by atoms with Crippen LogP contribution in [0.4, 0.5) is 5.95 Å². The quantitative estimate of drug-likeness (QED) is 0.638. The molecule has 0 saturated heterocycles. The van der Waals surface area contributed by atoms with Gasteiger partial charge in [0.05, 0.1) is 5.56 Å². The molecule has 0 spiro atoms. The van der Waals surface area contributed by atoms with Gasteiger partial charge in [-0.2, -0.15) is 9.97 Å². The summed E-state index contributed by atoms with van der Waals surface area (Å²) in [7, 11) is 0. The third-order valence-corrected chi connectivity index (χ3v) is 3.71. The minimum absolute atomic E-state index is 0.0429. The number of phenolic OH excluding ortho intramolecular Hbond substituents is 2. The van der Waals surface area contributed by atoms with Crippen molar-refractivity contribution < 1.29 is 10.2 Å². The molecule has 0 aliphatic heterocycles. The molecule has 0 atom stereocenters. The van der Waals surface area contributed by atoms with Gasteiger partial charge in [0.15, 0.2) is 11.6 Å². The van der Waals surface area contributed by atoms with Crippen LogP contribution in [0.1, 0.15) is 11.4 Å². The van der Waals surface area contributed by atoms with E-state index in [9.17, 15) is 10.2 Å². The monoisotopic (exact) mass is 384 g/mol. The summed E-state index contributed by atoms with van der Waals surface area (Å²) in [5.41, 5.74) is 6.80. The van der Waals surface area contributed by atoms with Gasteiger partial charge in [0.25, 0.3) is 0 Å². The van der Waals surface area contributed by atoms with Crippen LogP contribution in [-0.2, 0) is 0 Å². The number of para-hydroxylation sites is 1. The molecule has 0 radical (unpaired) electrons. The molecular weight excluding hydrogens is 372 g/mol. The summed E-state index contributed by atoms with van der Waals surface area (Å²) in [5.74, 6) is 0.834. The molecule has 4 N–H and O–H groups in total. The molecule has 24 heavy (non-hydrogen) atoms. The Labute approximate surface area is 146 Å². The number of benzene rings is 2. The van der Waals surface area contributed by atoms with E-state index in [1.165, 1.54) is 0 Å². The summed E-state index contributed by atoms with van der Waals surface area (Å²) >= 11 is 3.35. The largest absolute Gasteiger partial charge is 0.507 e. The number of nitrogen functional groups attached to an aromatic ring is 1. The molecule has 7 heteroatoms. The van der Waals surface area contributed by atoms with Crippen molar-refractivity contribution >= 4 is 34.0 Å². The fourth-order valence-electron chi connectivity index (χ4n) is 2.09. The molecule has 0 bridgehead atoms. The van der Waals surface area contributed by atoms with Crippen LogP contribution in [0, 0.1) is 0 Å². The van der Waals surface area contributed by atoms with Crippen molar-refractivity contribution in [3.63, 3.8) is 0 Å². The Bertz CT molecular complexity index is 928. The van der Waals surface area contributed by atoms with E-state index in [0.717, 1.165) is 4.47 Å². The van der Waals surface area contributed by atoms with E-state index in [4.69, 9.17) is 5.73 Å². The highest BCUT2D eigenvalue weighted by Gasteiger charge is 2.09. The van der Waals surface area contributed by atoms with Crippen LogP contribution in [0.5, 0.6) is 11.5 Å². The number of hydrogen-bond acceptors (Lipinski definition) is 6. The van der Waals surface area contributed by atoms with Gasteiger partial charge in [-0.3, -0.25) is 0 Å². The summed E-state index contributed by atoms with van der Waals surface area (Å²) in [4.78, 5) is 12.4. The van der Waals surface area contributed by atoms with Gasteiger partial charge >= 0.3 is 0 Å². The molecule has 0 unspecified atom stereocenters. The zero-order chi connectivity index (χ0) is 17.1. The number of rotatable bonds is 3. The maximum Gasteiger partial charge on any atom is 0.224 e. The molecule has 0 fully saturated rings. The SMILES string of the molecule is Nc1nc(C=Cc2cc(Br)ccc2O)nc(-c2ccccc2O)n1. The van der Waals surface area contributed by atoms with E-state index in [-0.39, 0.29) is 23.3 Å². The number of hydrogen-bond donors (Lipinski definition) is 3. The first kappa shape index (κ1) is 15.9. The Morgan fingerprint density at radius 1 is 0.917 bits per heavy atom. The van der Waals surface area contributed by atoms with Crippen molar-refractivity contribution in [2.24, 2.45) is 0 Å². The standard InChI is InChI=1S/C17H13BrN4O2/c18-11-6-7-13(23)10(9-11)5-8-15-20-16(22-17(19)21-15)12-3-1-2-4-14(12)24/h1-9,23-24H,(H2,19,20,21,22). The summed E-state index contributed by atoms with van der Waals surface area (Å²) in [5, 5.41) is 19.8. The highest BCUT2D eigenvalue weighted by Crippen LogP contribution is 2.27. The van der Waals surface area contributed by atoms with Crippen molar-refractivity contribution in [2.75, 3.05) is 5.73 Å². The number of nitrogens with two attached hydrogens (primary N) is 1. The second-order valence-electron chi connectivity index (χ2n) is 4.93. The molecule has 2 aromatic carbocycles. The molecule has 3 rings (SSSR count). The van der Waals surface area contributed by atoms with E-state index < -0.39 is 0 Å². The first-order valence-electron chi connectivity index (χ1n) is 6.99. The van der Waals surface area contributed by atoms with Crippen molar-refractivity contribution in [3.05, 3.63) is 58.3 Å². The lowest BCUT2D eigenvalue weighted by Crippen LogP contribution is -2.02. The first-order valence-corrected chi connectivity index (χ1v) is 7.79. The zero-order valence-corrected chi connectivity index (χ0v) is 14.0. The van der Waals surface area contributed by atoms with Gasteiger partial charge < -0.3 is 15.9 Å². The number of phenols is 2. The Balaban J connectivity index is 1.99. The second kappa shape index (κ2) is 6.67. The number of aromatic hydroxyl groups is 2. The molecule has 3 aromatic rings. The minimum Gasteiger partial charge on any atom is -0.507 e. The van der Waals surface area contributed by atoms with E-state index in [2.05, 4.69) is 30.9 Å². The maximum absolute atomic E-state index is 9.92. The zero-order valence-electron chi connectivity index (χ0n) is 12.4. The van der Waals surface area contributed by atoms with Crippen LogP contribution < -0.4 is 5.73 Å². The molecular formula is C17H13BrN4O2. The molecule has 0 saturated carbocycles. The van der Waals surface area contributed by atoms with Gasteiger partial charge in [-0.1, -0.05) is 28.1 Å². The van der Waals surface area contributed by atoms with Crippen LogP contribution in [0.3, 0.4) is 0 Å². The summed E-state index contributed by atoms with van der Waals surface area (Å²) in [6.07, 6.45) is 3.28. The number of aromatic nitrogens is 3. The maximum atomic E-state index is 9.92. The average molecular weight is 385 g/mol. The molecule has 120 valence electrons. The minimum atomic E-state index is 0.0429. The van der Waals surface area contributed by atoms with E-state index >= 15 is 0 Å². The molecule has 0 amide bonds. The number of anilines is 1. The van der Waals surface area contributed by atoms with Gasteiger partial charge in [0, 0.05) is 10.0 Å². The summed E-state index contributed by atoms with van der Waals surface area (Å²) in [6, 6.07) is 11.8. The van der Waals surface area contributed by atoms with Gasteiger partial charge in [-0.15, -0.1) is 0 Å². The van der Waals surface area contributed by atoms with Crippen LogP contribution in [-0.4, -0.2) is 25.2 Å². The van der Waals surface area contributed by atoms with Crippen LogP contribution >= 0.6 is 15.9 Å². The fourth-order valence-corrected chi connectivity index (χ4v) is 2.47. The number of halogens is 1. The lowest BCUT2D eigenvalue weighted by atomic mass is 10.2. The number of nitrogens with zero attached hydrogens (tertiary/aromatic N) is 3. The highest BCUT2D eigenvalue weighted by atomic mass is 79.9. The molecule has 0 aliphatic carbocycles. The van der Waals surface area contributed by atoms with Crippen molar-refractivity contribution in [1.29, 1.82) is 0 Å². The van der Waals surface area contributed by atoms with E-state index in [1.54, 1.807) is 54.6 Å². The van der Waals surface area contributed by atoms with Crippen molar-refractivity contribution in [2.45, 2.75) is 0 Å². The molecule has 1 aromatic heterocycles. The van der Waals surface area contributed by atoms with Gasteiger partial charge in [0.1, 0.15) is 11.5 Å². The van der Waals surface area contributed by atoms with Gasteiger partial charge in [0.2, 0.25) is 5.95 Å². The molecule has 1 heterocycles. The Morgan fingerprint density at radius 3 is 2.50 bits per heavy atom. The lowest BCUT2D eigenvalue weighted by molar-refractivity contribution is 0.474. The third kappa shape index (κ3) is 3.52. The summed E-state index contributed by atoms with van der Waals surface area (Å²) < 4.78 is 0.838. The van der Waals surface area contributed by atoms with Crippen LogP contribution in [0.25, 0.3) is 23.5 Å². The Hall–Kier alpha value is -2.93. The Morgan fingerprint density at radius 2 is 1.71 bits per heavy atom. The van der Waals surface area contributed by atoms with Gasteiger partial charge in [-0.25, -0.2) is 4.98 Å². The van der Waals surface area contributed by atoms with E-state index in [0.29, 0.717) is 17.0 Å². The predicted octanol–water partition coefficient (Wildman–Crippen LogP) is 3.46. The van der Waals surface area contributed by atoms with Crippen molar-refractivity contribution in [3.8, 4) is 22.9 Å². The third-order valence-electron chi connectivity index (χ3n) is 3.22. The lowest BCUT2D eigenvalue weighted by Gasteiger charge is -2.04. The van der Waals surface area contributed by atoms with Crippen LogP contribution in [0.15, 0.2) is 46.9 Å². The topological polar surface area (TPSA) is 105 Å². The highest BCUT2D eigenvalue weighted by molar-refractivity contribution is 9.10. The second-order valence-corrected chi connectivity index (χ2v) is 5.84. The Kier molecular flexibility index (Phi) is 4.43. The molecule has 6 nitrogen and oxygen atoms in total. The van der Waals surface area contributed by atoms with Crippen LogP contribution in [0.2, 0.25) is 0 Å². The van der Waals surface area contributed by atoms with Crippen molar-refractivity contribution in [1.82, 2.24) is 15.0 Å². The fraction of sp³-hybridized carbons (Fsp3) is 0. The molecule has 0 aliphatic rings. The normalized spacial score (nSPS) is 11.0. The predicted molar refractivity (Wildman–Crippen MR) is 96.1 cm³/mol. The van der Waals surface area contributed by atoms with Gasteiger partial charge in [-0.05, 0) is 42.5 Å². The first-order chi connectivity index (χ1) is 11.5.